The van der Waals surface area contributed by atoms with E-state index < -0.39 is 0 Å². The van der Waals surface area contributed by atoms with E-state index in [1.165, 1.54) is 19.0 Å². The number of nitrogens with one attached hydrogen (secondary N) is 1. The van der Waals surface area contributed by atoms with Gasteiger partial charge in [-0.3, -0.25) is 9.59 Å². The van der Waals surface area contributed by atoms with Gasteiger partial charge < -0.3 is 19.7 Å². The van der Waals surface area contributed by atoms with E-state index >= 15 is 0 Å². The first-order valence-electron chi connectivity index (χ1n) is 8.88. The number of anilines is 1. The molecular weight excluding hydrogens is 306 g/mol. The van der Waals surface area contributed by atoms with E-state index in [2.05, 4.69) is 21.9 Å². The Morgan fingerprint density at radius 2 is 1.92 bits per heavy atom. The molecule has 0 aromatic carbocycles. The maximum absolute atomic E-state index is 12.4. The number of carbonyl (C=O) groups is 1. The summed E-state index contributed by atoms with van der Waals surface area (Å²) in [5.41, 5.74) is -0.167. The molecule has 0 saturated carbocycles. The summed E-state index contributed by atoms with van der Waals surface area (Å²) >= 11 is 0. The minimum atomic E-state index is -0.167. The molecular formula is C17H27N5O2. The zero-order valence-corrected chi connectivity index (χ0v) is 14.4. The van der Waals surface area contributed by atoms with Crippen molar-refractivity contribution in [2.75, 3.05) is 51.2 Å². The molecule has 1 amide bonds. The Kier molecular flexibility index (Phi) is 5.50. The summed E-state index contributed by atoms with van der Waals surface area (Å²) in [6, 6.07) is 0. The van der Waals surface area contributed by atoms with Gasteiger partial charge in [-0.2, -0.15) is 0 Å². The van der Waals surface area contributed by atoms with Gasteiger partial charge >= 0.3 is 0 Å². The number of aromatic nitrogens is 2. The first-order valence-corrected chi connectivity index (χ1v) is 8.88. The third-order valence-corrected chi connectivity index (χ3v) is 5.23. The minimum absolute atomic E-state index is 0.167. The average Bonchev–Trinajstić information content (AvgIpc) is 2.61. The molecule has 2 saturated heterocycles. The van der Waals surface area contributed by atoms with Crippen molar-refractivity contribution < 1.29 is 4.79 Å². The quantitative estimate of drug-likeness (QED) is 0.871. The summed E-state index contributed by atoms with van der Waals surface area (Å²) in [6.45, 7) is 4.97. The van der Waals surface area contributed by atoms with Crippen LogP contribution in [0, 0.1) is 5.92 Å². The molecule has 0 bridgehead atoms. The zero-order valence-electron chi connectivity index (χ0n) is 14.4. The van der Waals surface area contributed by atoms with Gasteiger partial charge in [0.1, 0.15) is 0 Å². The lowest BCUT2D eigenvalue weighted by atomic mass is 9.92. The summed E-state index contributed by atoms with van der Waals surface area (Å²) in [6.07, 6.45) is 7.20. The van der Waals surface area contributed by atoms with Crippen LogP contribution in [0.5, 0.6) is 0 Å². The van der Waals surface area contributed by atoms with Gasteiger partial charge in [0.15, 0.2) is 5.82 Å². The van der Waals surface area contributed by atoms with Crippen LogP contribution in [0.1, 0.15) is 25.7 Å². The first kappa shape index (κ1) is 17.0. The highest BCUT2D eigenvalue weighted by Crippen LogP contribution is 2.21. The number of amides is 1. The highest BCUT2D eigenvalue weighted by Gasteiger charge is 2.24. The monoisotopic (exact) mass is 333 g/mol. The Balaban J connectivity index is 1.44. The van der Waals surface area contributed by atoms with Crippen molar-refractivity contribution in [1.29, 1.82) is 0 Å². The molecule has 7 nitrogen and oxygen atoms in total. The third kappa shape index (κ3) is 4.14. The number of hydrogen-bond donors (Lipinski definition) is 1. The summed E-state index contributed by atoms with van der Waals surface area (Å²) in [7, 11) is 2.16. The topological polar surface area (TPSA) is 72.5 Å². The van der Waals surface area contributed by atoms with Crippen molar-refractivity contribution in [3.05, 3.63) is 22.7 Å². The summed E-state index contributed by atoms with van der Waals surface area (Å²) in [4.78, 5) is 37.3. The number of carbonyl (C=O) groups excluding carboxylic acids is 1. The van der Waals surface area contributed by atoms with E-state index in [1.54, 1.807) is 6.20 Å². The Morgan fingerprint density at radius 1 is 1.21 bits per heavy atom. The summed E-state index contributed by atoms with van der Waals surface area (Å²) in [5, 5.41) is 0. The van der Waals surface area contributed by atoms with Gasteiger partial charge in [0.2, 0.25) is 5.91 Å². The number of hydrogen-bond acceptors (Lipinski definition) is 5. The average molecular weight is 333 g/mol. The fourth-order valence-electron chi connectivity index (χ4n) is 3.57. The van der Waals surface area contributed by atoms with Gasteiger partial charge in [0.25, 0.3) is 5.56 Å². The predicted molar refractivity (Wildman–Crippen MR) is 93.1 cm³/mol. The zero-order chi connectivity index (χ0) is 16.9. The van der Waals surface area contributed by atoms with Gasteiger partial charge in [-0.1, -0.05) is 0 Å². The molecule has 0 aliphatic carbocycles. The van der Waals surface area contributed by atoms with Crippen LogP contribution in [0.3, 0.4) is 0 Å². The second-order valence-corrected chi connectivity index (χ2v) is 6.90. The highest BCUT2D eigenvalue weighted by molar-refractivity contribution is 5.76. The minimum Gasteiger partial charge on any atom is -0.348 e. The van der Waals surface area contributed by atoms with Gasteiger partial charge in [0, 0.05) is 45.0 Å². The van der Waals surface area contributed by atoms with Crippen LogP contribution >= 0.6 is 0 Å². The summed E-state index contributed by atoms with van der Waals surface area (Å²) in [5.74, 6) is 1.40. The number of piperidine rings is 1. The van der Waals surface area contributed by atoms with Crippen LogP contribution in [0.2, 0.25) is 0 Å². The largest absolute Gasteiger partial charge is 0.348 e. The normalized spacial score (nSPS) is 20.4. The second kappa shape index (κ2) is 7.79. The molecule has 1 N–H and O–H groups in total. The van der Waals surface area contributed by atoms with Crippen molar-refractivity contribution >= 4 is 11.7 Å². The van der Waals surface area contributed by atoms with Crippen molar-refractivity contribution in [2.45, 2.75) is 25.7 Å². The van der Waals surface area contributed by atoms with Crippen LogP contribution in [-0.4, -0.2) is 72.0 Å². The molecule has 3 rings (SSSR count). The van der Waals surface area contributed by atoms with Crippen molar-refractivity contribution in [3.63, 3.8) is 0 Å². The standard InChI is InChI=1S/C17H27N5O2/c1-20-8-4-14(5-9-20)2-3-15(23)21-10-12-22(13-11-21)16-17(24)19-7-6-18-16/h6-7,14H,2-5,8-13H2,1H3,(H,19,24). The van der Waals surface area contributed by atoms with Gasteiger partial charge in [-0.25, -0.2) is 4.98 Å². The number of nitrogens with zero attached hydrogens (tertiary/aromatic N) is 4. The molecule has 132 valence electrons. The predicted octanol–water partition coefficient (Wildman–Crippen LogP) is 0.541. The third-order valence-electron chi connectivity index (χ3n) is 5.23. The van der Waals surface area contributed by atoms with Crippen molar-refractivity contribution in [1.82, 2.24) is 19.8 Å². The van der Waals surface area contributed by atoms with Crippen LogP contribution < -0.4 is 10.5 Å². The molecule has 1 aromatic rings. The fourth-order valence-corrected chi connectivity index (χ4v) is 3.57. The lowest BCUT2D eigenvalue weighted by Gasteiger charge is -2.35. The number of likely N-dealkylation sites (tertiary alicyclic amines) is 1. The number of piperazine rings is 1. The summed E-state index contributed by atoms with van der Waals surface area (Å²) < 4.78 is 0. The van der Waals surface area contributed by atoms with E-state index in [1.807, 2.05) is 9.80 Å². The maximum atomic E-state index is 12.4. The van der Waals surface area contributed by atoms with E-state index in [9.17, 15) is 9.59 Å². The van der Waals surface area contributed by atoms with Gasteiger partial charge in [-0.05, 0) is 45.3 Å². The number of H-pyrrole nitrogens is 1. The van der Waals surface area contributed by atoms with Crippen molar-refractivity contribution in [2.24, 2.45) is 5.92 Å². The Labute approximate surface area is 142 Å². The maximum Gasteiger partial charge on any atom is 0.290 e. The van der Waals surface area contributed by atoms with Crippen LogP contribution in [0.25, 0.3) is 0 Å². The molecule has 0 spiro atoms. The molecule has 0 atom stereocenters. The Bertz CT molecular complexity index is 601. The molecule has 3 heterocycles. The first-order chi connectivity index (χ1) is 11.6. The lowest BCUT2D eigenvalue weighted by Crippen LogP contribution is -2.50. The van der Waals surface area contributed by atoms with Crippen molar-refractivity contribution in [3.8, 4) is 0 Å². The highest BCUT2D eigenvalue weighted by atomic mass is 16.2. The number of aromatic amines is 1. The SMILES string of the molecule is CN1CCC(CCC(=O)N2CCN(c3ncc[nH]c3=O)CC2)CC1. The van der Waals surface area contributed by atoms with Crippen LogP contribution in [0.15, 0.2) is 17.2 Å². The van der Waals surface area contributed by atoms with Gasteiger partial charge in [-0.15, -0.1) is 0 Å². The molecule has 0 unspecified atom stereocenters. The molecule has 0 radical (unpaired) electrons. The fraction of sp³-hybridized carbons (Fsp3) is 0.706. The molecule has 24 heavy (non-hydrogen) atoms. The van der Waals surface area contributed by atoms with E-state index in [0.29, 0.717) is 44.3 Å². The smallest absolute Gasteiger partial charge is 0.290 e. The van der Waals surface area contributed by atoms with Crippen LogP contribution in [-0.2, 0) is 4.79 Å². The Morgan fingerprint density at radius 3 is 2.58 bits per heavy atom. The van der Waals surface area contributed by atoms with Gasteiger partial charge in [0.05, 0.1) is 0 Å². The lowest BCUT2D eigenvalue weighted by molar-refractivity contribution is -0.131. The molecule has 1 aromatic heterocycles. The van der Waals surface area contributed by atoms with E-state index in [0.717, 1.165) is 19.5 Å². The Hall–Kier alpha value is -1.89. The van der Waals surface area contributed by atoms with E-state index in [4.69, 9.17) is 0 Å². The molecule has 2 aliphatic heterocycles. The van der Waals surface area contributed by atoms with Crippen LogP contribution in [0.4, 0.5) is 5.82 Å². The molecule has 2 aliphatic rings. The molecule has 2 fully saturated rings. The second-order valence-electron chi connectivity index (χ2n) is 6.90. The number of rotatable bonds is 4. The molecule has 7 heteroatoms. The van der Waals surface area contributed by atoms with E-state index in [-0.39, 0.29) is 11.5 Å².